The van der Waals surface area contributed by atoms with Crippen LogP contribution < -0.4 is 10.2 Å². The number of carbonyl (C=O) groups excluding carboxylic acids is 1. The average Bonchev–Trinajstić information content (AvgIpc) is 2.54. The lowest BCUT2D eigenvalue weighted by atomic mass is 9.74. The number of para-hydroxylation sites is 2. The molecule has 2 aromatic rings. The number of carbonyl (C=O) groups is 1. The Hall–Kier alpha value is -2.29. The number of nitrogens with zero attached hydrogens (tertiary/aromatic N) is 1. The fraction of sp³-hybridized carbons (Fsp3) is 0.381. The van der Waals surface area contributed by atoms with E-state index in [-0.39, 0.29) is 11.6 Å². The van der Waals surface area contributed by atoms with Gasteiger partial charge in [0.2, 0.25) is 0 Å². The zero-order chi connectivity index (χ0) is 16.7. The molecule has 1 aliphatic heterocycles. The molecule has 1 amide bonds. The summed E-state index contributed by atoms with van der Waals surface area (Å²) in [6, 6.07) is 18.0. The average molecular weight is 320 g/mol. The van der Waals surface area contributed by atoms with Crippen molar-refractivity contribution in [2.45, 2.75) is 38.8 Å². The molecule has 4 rings (SSSR count). The van der Waals surface area contributed by atoms with E-state index in [0.717, 1.165) is 29.8 Å². The first-order chi connectivity index (χ1) is 11.6. The van der Waals surface area contributed by atoms with Crippen LogP contribution in [0.5, 0.6) is 0 Å². The van der Waals surface area contributed by atoms with E-state index in [1.54, 1.807) is 0 Å². The minimum atomic E-state index is -0.329. The molecule has 1 heterocycles. The molecule has 0 saturated heterocycles. The van der Waals surface area contributed by atoms with E-state index < -0.39 is 0 Å². The minimum absolute atomic E-state index is 0.108. The van der Waals surface area contributed by atoms with Crippen LogP contribution in [0.3, 0.4) is 0 Å². The van der Waals surface area contributed by atoms with Crippen molar-refractivity contribution in [2.75, 3.05) is 10.2 Å². The van der Waals surface area contributed by atoms with Gasteiger partial charge in [0.15, 0.2) is 0 Å². The van der Waals surface area contributed by atoms with E-state index in [0.29, 0.717) is 11.8 Å². The van der Waals surface area contributed by atoms with E-state index in [4.69, 9.17) is 0 Å². The summed E-state index contributed by atoms with van der Waals surface area (Å²) in [6.45, 7) is 4.60. The second-order valence-corrected chi connectivity index (χ2v) is 7.53. The van der Waals surface area contributed by atoms with Gasteiger partial charge in [-0.1, -0.05) is 44.2 Å². The van der Waals surface area contributed by atoms with Crippen LogP contribution >= 0.6 is 0 Å². The first kappa shape index (κ1) is 15.3. The number of hydrogen-bond donors (Lipinski definition) is 1. The van der Waals surface area contributed by atoms with Crippen molar-refractivity contribution in [2.24, 2.45) is 11.8 Å². The molecule has 0 bridgehead atoms. The maximum absolute atomic E-state index is 13.4. The number of nitrogens with one attached hydrogen (secondary N) is 1. The fourth-order valence-corrected chi connectivity index (χ4v) is 4.72. The van der Waals surface area contributed by atoms with Crippen molar-refractivity contribution in [1.29, 1.82) is 0 Å². The molecule has 0 unspecified atom stereocenters. The first-order valence-electron chi connectivity index (χ1n) is 8.86. The molecule has 3 heteroatoms. The summed E-state index contributed by atoms with van der Waals surface area (Å²) in [5.74, 6) is 1.29. The quantitative estimate of drug-likeness (QED) is 0.809. The second-order valence-electron chi connectivity index (χ2n) is 7.53. The molecule has 24 heavy (non-hydrogen) atoms. The molecule has 0 radical (unpaired) electrons. The highest BCUT2D eigenvalue weighted by atomic mass is 16.2. The lowest BCUT2D eigenvalue weighted by Crippen LogP contribution is -2.63. The van der Waals surface area contributed by atoms with Crippen molar-refractivity contribution in [3.63, 3.8) is 0 Å². The molecule has 1 aliphatic carbocycles. The summed E-state index contributed by atoms with van der Waals surface area (Å²) in [4.78, 5) is 15.4. The Kier molecular flexibility index (Phi) is 3.60. The van der Waals surface area contributed by atoms with Crippen LogP contribution in [0, 0.1) is 11.8 Å². The maximum Gasteiger partial charge on any atom is 0.262 e. The van der Waals surface area contributed by atoms with Crippen molar-refractivity contribution in [1.82, 2.24) is 0 Å². The van der Waals surface area contributed by atoms with Gasteiger partial charge in [-0.25, -0.2) is 0 Å². The zero-order valence-electron chi connectivity index (χ0n) is 14.3. The molecule has 1 spiro atoms. The van der Waals surface area contributed by atoms with Gasteiger partial charge in [0.25, 0.3) is 5.91 Å². The van der Waals surface area contributed by atoms with Crippen LogP contribution in [-0.4, -0.2) is 11.6 Å². The summed E-state index contributed by atoms with van der Waals surface area (Å²) >= 11 is 0. The van der Waals surface area contributed by atoms with Crippen LogP contribution in [0.2, 0.25) is 0 Å². The SMILES string of the molecule is C[C@H]1C[C@H](C)CC2(C1)Nc1ccccc1C(=O)N2c1ccccc1. The van der Waals surface area contributed by atoms with Crippen LogP contribution in [0.15, 0.2) is 54.6 Å². The lowest BCUT2D eigenvalue weighted by Gasteiger charge is -2.53. The molecule has 124 valence electrons. The molecule has 1 saturated carbocycles. The normalized spacial score (nSPS) is 29.2. The number of amides is 1. The van der Waals surface area contributed by atoms with Gasteiger partial charge in [0, 0.05) is 11.4 Å². The Morgan fingerprint density at radius 1 is 0.958 bits per heavy atom. The minimum Gasteiger partial charge on any atom is -0.362 e. The Labute approximate surface area is 143 Å². The smallest absolute Gasteiger partial charge is 0.262 e. The van der Waals surface area contributed by atoms with Crippen molar-refractivity contribution in [3.8, 4) is 0 Å². The van der Waals surface area contributed by atoms with Gasteiger partial charge in [-0.05, 0) is 55.4 Å². The van der Waals surface area contributed by atoms with E-state index in [1.165, 1.54) is 6.42 Å². The molecule has 1 N–H and O–H groups in total. The Bertz CT molecular complexity index is 745. The molecule has 3 nitrogen and oxygen atoms in total. The third kappa shape index (κ3) is 2.39. The van der Waals surface area contributed by atoms with E-state index in [2.05, 4.69) is 19.2 Å². The van der Waals surface area contributed by atoms with Crippen molar-refractivity contribution in [3.05, 3.63) is 60.2 Å². The second kappa shape index (κ2) is 5.66. The van der Waals surface area contributed by atoms with Crippen LogP contribution in [0.1, 0.15) is 43.5 Å². The summed E-state index contributed by atoms with van der Waals surface area (Å²) in [5.41, 5.74) is 2.38. The molecular weight excluding hydrogens is 296 g/mol. The van der Waals surface area contributed by atoms with E-state index >= 15 is 0 Å². The van der Waals surface area contributed by atoms with Crippen molar-refractivity contribution >= 4 is 17.3 Å². The predicted octanol–water partition coefficient (Wildman–Crippen LogP) is 4.91. The van der Waals surface area contributed by atoms with Gasteiger partial charge in [-0.2, -0.15) is 0 Å². The molecule has 2 aliphatic rings. The standard InChI is InChI=1S/C21H24N2O/c1-15-12-16(2)14-21(13-15)22-19-11-7-6-10-18(19)20(24)23(21)17-8-4-3-5-9-17/h3-11,15-16,22H,12-14H2,1-2H3/t15-,16-/m0/s1. The molecular formula is C21H24N2O. The summed E-state index contributed by atoms with van der Waals surface area (Å²) in [5, 5.41) is 3.76. The van der Waals surface area contributed by atoms with Crippen LogP contribution in [0.4, 0.5) is 11.4 Å². The Morgan fingerprint density at radius 3 is 2.29 bits per heavy atom. The molecule has 1 fully saturated rings. The van der Waals surface area contributed by atoms with Gasteiger partial charge in [0.1, 0.15) is 5.66 Å². The monoisotopic (exact) mass is 320 g/mol. The zero-order valence-corrected chi connectivity index (χ0v) is 14.3. The summed E-state index contributed by atoms with van der Waals surface area (Å²) in [6.07, 6.45) is 3.18. The van der Waals surface area contributed by atoms with Gasteiger partial charge < -0.3 is 5.32 Å². The van der Waals surface area contributed by atoms with Gasteiger partial charge in [-0.15, -0.1) is 0 Å². The highest BCUT2D eigenvalue weighted by Gasteiger charge is 2.48. The fourth-order valence-electron chi connectivity index (χ4n) is 4.72. The number of hydrogen-bond acceptors (Lipinski definition) is 2. The number of anilines is 2. The summed E-state index contributed by atoms with van der Waals surface area (Å²) < 4.78 is 0. The number of fused-ring (bicyclic) bond motifs is 1. The maximum atomic E-state index is 13.4. The molecule has 2 atom stereocenters. The molecule has 2 aromatic carbocycles. The van der Waals surface area contributed by atoms with Gasteiger partial charge in [-0.3, -0.25) is 9.69 Å². The highest BCUT2D eigenvalue weighted by molar-refractivity contribution is 6.12. The van der Waals surface area contributed by atoms with Gasteiger partial charge in [0.05, 0.1) is 5.56 Å². The Morgan fingerprint density at radius 2 is 1.58 bits per heavy atom. The van der Waals surface area contributed by atoms with E-state index in [1.807, 2.05) is 59.5 Å². The first-order valence-corrected chi connectivity index (χ1v) is 8.86. The number of rotatable bonds is 1. The lowest BCUT2D eigenvalue weighted by molar-refractivity contribution is 0.0908. The van der Waals surface area contributed by atoms with Gasteiger partial charge >= 0.3 is 0 Å². The summed E-state index contributed by atoms with van der Waals surface area (Å²) in [7, 11) is 0. The molecule has 0 aromatic heterocycles. The number of benzene rings is 2. The third-order valence-electron chi connectivity index (χ3n) is 5.35. The highest BCUT2D eigenvalue weighted by Crippen LogP contribution is 2.46. The van der Waals surface area contributed by atoms with Crippen LogP contribution in [0.25, 0.3) is 0 Å². The third-order valence-corrected chi connectivity index (χ3v) is 5.35. The van der Waals surface area contributed by atoms with Crippen LogP contribution in [-0.2, 0) is 0 Å². The topological polar surface area (TPSA) is 32.3 Å². The predicted molar refractivity (Wildman–Crippen MR) is 98.2 cm³/mol. The Balaban J connectivity index is 1.88. The van der Waals surface area contributed by atoms with E-state index in [9.17, 15) is 4.79 Å². The van der Waals surface area contributed by atoms with Crippen molar-refractivity contribution < 1.29 is 4.79 Å². The largest absolute Gasteiger partial charge is 0.362 e.